The van der Waals surface area contributed by atoms with Crippen LogP contribution in [0.25, 0.3) is 10.9 Å². The normalized spacial score (nSPS) is 11.6. The summed E-state index contributed by atoms with van der Waals surface area (Å²) < 4.78 is 9.42. The van der Waals surface area contributed by atoms with Gasteiger partial charge >= 0.3 is 11.9 Å². The van der Waals surface area contributed by atoms with Crippen LogP contribution in [0.3, 0.4) is 0 Å². The molecule has 23 heavy (non-hydrogen) atoms. The predicted octanol–water partition coefficient (Wildman–Crippen LogP) is 2.62. The number of aromatic nitrogens is 2. The predicted molar refractivity (Wildman–Crippen MR) is 88.7 cm³/mol. The molecule has 0 saturated carbocycles. The Labute approximate surface area is 144 Å². The number of fused-ring (bicyclic) bond motifs is 1. The van der Waals surface area contributed by atoms with E-state index in [1.807, 2.05) is 12.1 Å². The molecule has 1 atom stereocenters. The molecule has 0 radical (unpaired) electrons. The molecular formula is C15H18Cl2N2O4. The highest BCUT2D eigenvalue weighted by Gasteiger charge is 2.25. The van der Waals surface area contributed by atoms with Crippen LogP contribution in [0.2, 0.25) is 0 Å². The minimum Gasteiger partial charge on any atom is -0.469 e. The fourth-order valence-electron chi connectivity index (χ4n) is 2.43. The largest absolute Gasteiger partial charge is 0.469 e. The van der Waals surface area contributed by atoms with E-state index in [1.165, 1.54) is 14.2 Å². The number of halogens is 2. The molecule has 0 amide bonds. The van der Waals surface area contributed by atoms with Crippen LogP contribution in [-0.2, 0) is 31.4 Å². The zero-order valence-corrected chi connectivity index (χ0v) is 14.4. The van der Waals surface area contributed by atoms with E-state index in [2.05, 4.69) is 14.9 Å². The van der Waals surface area contributed by atoms with Gasteiger partial charge < -0.3 is 9.47 Å². The molecule has 8 heteroatoms. The van der Waals surface area contributed by atoms with Crippen molar-refractivity contribution in [3.05, 3.63) is 29.5 Å². The topological polar surface area (TPSA) is 81.3 Å². The summed E-state index contributed by atoms with van der Waals surface area (Å²) in [6.45, 7) is 0. The van der Waals surface area contributed by atoms with Gasteiger partial charge in [-0.3, -0.25) is 14.7 Å². The summed E-state index contributed by atoms with van der Waals surface area (Å²) in [7, 11) is 2.59. The standard InChI is InChI=1S/C15H17ClN2O4.ClH/c1-21-14(19)6-10(15(20)22-2)5-9-3-4-13-12(8-17-18-13)11(9)7-16;/h3-4,8,10H,5-7H2,1-2H3,(H,17,18);1H/t10-;/m0./s1. The molecule has 1 aromatic heterocycles. The highest BCUT2D eigenvalue weighted by molar-refractivity contribution is 6.18. The second-order valence-electron chi connectivity index (χ2n) is 4.87. The number of aromatic amines is 1. The summed E-state index contributed by atoms with van der Waals surface area (Å²) in [5.74, 6) is -1.22. The van der Waals surface area contributed by atoms with Crippen molar-refractivity contribution < 1.29 is 19.1 Å². The first-order chi connectivity index (χ1) is 10.6. The van der Waals surface area contributed by atoms with E-state index in [0.29, 0.717) is 12.3 Å². The second kappa shape index (κ2) is 8.74. The van der Waals surface area contributed by atoms with Gasteiger partial charge in [-0.15, -0.1) is 24.0 Å². The number of carbonyl (C=O) groups is 2. The number of nitrogens with zero attached hydrogens (tertiary/aromatic N) is 1. The van der Waals surface area contributed by atoms with Crippen LogP contribution in [-0.4, -0.2) is 36.4 Å². The smallest absolute Gasteiger partial charge is 0.309 e. The van der Waals surface area contributed by atoms with Crippen LogP contribution in [0.4, 0.5) is 0 Å². The summed E-state index contributed by atoms with van der Waals surface area (Å²) in [4.78, 5) is 23.4. The molecule has 0 spiro atoms. The molecule has 0 unspecified atom stereocenters. The number of carbonyl (C=O) groups excluding carboxylic acids is 2. The lowest BCUT2D eigenvalue weighted by Gasteiger charge is -2.16. The Morgan fingerprint density at radius 1 is 1.30 bits per heavy atom. The molecule has 1 aromatic carbocycles. The molecule has 2 rings (SSSR count). The van der Waals surface area contributed by atoms with Crippen LogP contribution in [0.15, 0.2) is 18.3 Å². The molecule has 1 N–H and O–H groups in total. The van der Waals surface area contributed by atoms with Crippen molar-refractivity contribution in [3.8, 4) is 0 Å². The summed E-state index contributed by atoms with van der Waals surface area (Å²) in [6, 6.07) is 3.76. The summed E-state index contributed by atoms with van der Waals surface area (Å²) in [6.07, 6.45) is 2.02. The number of esters is 2. The maximum Gasteiger partial charge on any atom is 0.309 e. The van der Waals surface area contributed by atoms with E-state index in [9.17, 15) is 9.59 Å². The molecule has 0 aliphatic heterocycles. The van der Waals surface area contributed by atoms with Crippen molar-refractivity contribution in [2.24, 2.45) is 5.92 Å². The Bertz CT molecular complexity index is 687. The summed E-state index contributed by atoms with van der Waals surface area (Å²) >= 11 is 6.05. The number of H-pyrrole nitrogens is 1. The lowest BCUT2D eigenvalue weighted by Crippen LogP contribution is -2.23. The minimum absolute atomic E-state index is 0. The molecule has 0 bridgehead atoms. The first-order valence-electron chi connectivity index (χ1n) is 6.75. The SMILES string of the molecule is COC(=O)C[C@H](Cc1ccc2[nH]ncc2c1CCl)C(=O)OC.Cl. The molecule has 126 valence electrons. The third-order valence-electron chi connectivity index (χ3n) is 3.61. The molecule has 6 nitrogen and oxygen atoms in total. The maximum atomic E-state index is 11.9. The van der Waals surface area contributed by atoms with Gasteiger partial charge in [0, 0.05) is 11.3 Å². The van der Waals surface area contributed by atoms with Crippen LogP contribution in [0.5, 0.6) is 0 Å². The lowest BCUT2D eigenvalue weighted by molar-refractivity contribution is -0.151. The fraction of sp³-hybridized carbons (Fsp3) is 0.400. The Hall–Kier alpha value is -1.79. The number of methoxy groups -OCH3 is 2. The van der Waals surface area contributed by atoms with Crippen molar-refractivity contribution in [1.82, 2.24) is 10.2 Å². The average molecular weight is 361 g/mol. The van der Waals surface area contributed by atoms with Gasteiger partial charge in [0.1, 0.15) is 0 Å². The van der Waals surface area contributed by atoms with E-state index in [1.54, 1.807) is 6.20 Å². The zero-order valence-electron chi connectivity index (χ0n) is 12.8. The Morgan fingerprint density at radius 3 is 2.65 bits per heavy atom. The van der Waals surface area contributed by atoms with Gasteiger partial charge in [0.25, 0.3) is 0 Å². The molecule has 0 fully saturated rings. The van der Waals surface area contributed by atoms with Crippen molar-refractivity contribution in [3.63, 3.8) is 0 Å². The van der Waals surface area contributed by atoms with Gasteiger partial charge in [-0.1, -0.05) is 6.07 Å². The van der Waals surface area contributed by atoms with E-state index >= 15 is 0 Å². The van der Waals surface area contributed by atoms with Crippen LogP contribution < -0.4 is 0 Å². The van der Waals surface area contributed by atoms with E-state index in [4.69, 9.17) is 16.3 Å². The van der Waals surface area contributed by atoms with Crippen molar-refractivity contribution in [1.29, 1.82) is 0 Å². The number of nitrogens with one attached hydrogen (secondary N) is 1. The van der Waals surface area contributed by atoms with Crippen LogP contribution >= 0.6 is 24.0 Å². The van der Waals surface area contributed by atoms with Gasteiger partial charge in [-0.2, -0.15) is 5.10 Å². The Kier molecular flexibility index (Phi) is 7.32. The summed E-state index contributed by atoms with van der Waals surface area (Å²) in [5, 5.41) is 7.78. The Balaban J connectivity index is 0.00000264. The minimum atomic E-state index is -0.608. The maximum absolute atomic E-state index is 11.9. The first-order valence-corrected chi connectivity index (χ1v) is 7.28. The highest BCUT2D eigenvalue weighted by Crippen LogP contribution is 2.26. The number of alkyl halides is 1. The van der Waals surface area contributed by atoms with Gasteiger partial charge in [-0.05, 0) is 23.6 Å². The number of hydrogen-bond donors (Lipinski definition) is 1. The van der Waals surface area contributed by atoms with Crippen LogP contribution in [0, 0.1) is 5.92 Å². The monoisotopic (exact) mass is 360 g/mol. The third-order valence-corrected chi connectivity index (χ3v) is 3.88. The third kappa shape index (κ3) is 4.36. The fourth-order valence-corrected chi connectivity index (χ4v) is 2.74. The van der Waals surface area contributed by atoms with Crippen molar-refractivity contribution in [2.45, 2.75) is 18.7 Å². The molecule has 1 heterocycles. The van der Waals surface area contributed by atoms with Crippen molar-refractivity contribution in [2.75, 3.05) is 14.2 Å². The van der Waals surface area contributed by atoms with Crippen molar-refractivity contribution >= 4 is 46.8 Å². The first kappa shape index (κ1) is 19.3. The quantitative estimate of drug-likeness (QED) is 0.632. The summed E-state index contributed by atoms with van der Waals surface area (Å²) in [5.41, 5.74) is 2.66. The molecule has 0 aliphatic rings. The van der Waals surface area contributed by atoms with Gasteiger partial charge in [0.05, 0.1) is 38.3 Å². The second-order valence-corrected chi connectivity index (χ2v) is 5.14. The average Bonchev–Trinajstić information content (AvgIpc) is 3.01. The molecule has 0 aliphatic carbocycles. The van der Waals surface area contributed by atoms with Gasteiger partial charge in [0.15, 0.2) is 0 Å². The van der Waals surface area contributed by atoms with Crippen LogP contribution in [0.1, 0.15) is 17.5 Å². The number of rotatable bonds is 6. The van der Waals surface area contributed by atoms with E-state index < -0.39 is 17.9 Å². The molecule has 0 saturated heterocycles. The lowest BCUT2D eigenvalue weighted by atomic mass is 9.92. The zero-order chi connectivity index (χ0) is 16.1. The van der Waals surface area contributed by atoms with Gasteiger partial charge in [0.2, 0.25) is 0 Å². The van der Waals surface area contributed by atoms with E-state index in [0.717, 1.165) is 22.0 Å². The number of hydrogen-bond acceptors (Lipinski definition) is 5. The molecular weight excluding hydrogens is 343 g/mol. The number of ether oxygens (including phenoxy) is 2. The highest BCUT2D eigenvalue weighted by atomic mass is 35.5. The van der Waals surface area contributed by atoms with Gasteiger partial charge in [-0.25, -0.2) is 0 Å². The van der Waals surface area contributed by atoms with E-state index in [-0.39, 0.29) is 18.8 Å². The Morgan fingerprint density at radius 2 is 2.04 bits per heavy atom. The number of benzene rings is 1. The molecule has 2 aromatic rings.